The smallest absolute Gasteiger partial charge is 0.264 e. The number of rotatable bonds is 4. The molecule has 1 rings (SSSR count). The van der Waals surface area contributed by atoms with Crippen molar-refractivity contribution < 1.29 is 13.6 Å². The number of alkyl halides is 2. The highest BCUT2D eigenvalue weighted by molar-refractivity contribution is 5.74. The molecule has 0 atom stereocenters. The molecule has 2 N–H and O–H groups in total. The summed E-state index contributed by atoms with van der Waals surface area (Å²) in [5.74, 6) is -0.420. The molecule has 0 fully saturated rings. The molecule has 2 nitrogen and oxygen atoms in total. The first-order valence-electron chi connectivity index (χ1n) is 4.67. The Bertz CT molecular complexity index is 364. The van der Waals surface area contributed by atoms with Gasteiger partial charge in [0.1, 0.15) is 0 Å². The molecule has 0 bridgehead atoms. The fourth-order valence-corrected chi connectivity index (χ4v) is 1.47. The molecule has 0 heterocycles. The topological polar surface area (TPSA) is 43.1 Å². The molecule has 4 heteroatoms. The van der Waals surface area contributed by atoms with Crippen LogP contribution >= 0.6 is 0 Å². The van der Waals surface area contributed by atoms with Gasteiger partial charge in [-0.15, -0.1) is 0 Å². The van der Waals surface area contributed by atoms with E-state index in [1.54, 1.807) is 19.1 Å². The number of carbonyl (C=O) groups is 1. The highest BCUT2D eigenvalue weighted by atomic mass is 19.3. The summed E-state index contributed by atoms with van der Waals surface area (Å²) in [5, 5.41) is 0. The minimum atomic E-state index is -2.47. The summed E-state index contributed by atoms with van der Waals surface area (Å²) >= 11 is 0. The van der Waals surface area contributed by atoms with Gasteiger partial charge < -0.3 is 5.73 Å². The zero-order valence-corrected chi connectivity index (χ0v) is 8.47. The molecule has 0 aromatic heterocycles. The van der Waals surface area contributed by atoms with Gasteiger partial charge in [0.25, 0.3) is 6.43 Å². The van der Waals surface area contributed by atoms with Crippen molar-refractivity contribution >= 4 is 5.91 Å². The third-order valence-electron chi connectivity index (χ3n) is 2.36. The zero-order chi connectivity index (χ0) is 11.4. The minimum Gasteiger partial charge on any atom is -0.370 e. The summed E-state index contributed by atoms with van der Waals surface area (Å²) in [6.07, 6.45) is -1.87. The maximum Gasteiger partial charge on any atom is 0.264 e. The van der Waals surface area contributed by atoms with Crippen LogP contribution in [0.4, 0.5) is 8.78 Å². The number of amides is 1. The Kier molecular flexibility index (Phi) is 3.77. The lowest BCUT2D eigenvalue weighted by Crippen LogP contribution is -2.11. The molecular weight excluding hydrogens is 200 g/mol. The van der Waals surface area contributed by atoms with Gasteiger partial charge in [-0.3, -0.25) is 4.79 Å². The Morgan fingerprint density at radius 2 is 2.13 bits per heavy atom. The van der Waals surface area contributed by atoms with Gasteiger partial charge in [-0.05, 0) is 24.5 Å². The number of benzene rings is 1. The molecule has 1 aromatic carbocycles. The standard InChI is InChI=1S/C11H13F2NO/c1-7-8(5-6-10(14)15)3-2-4-9(7)11(12)13/h2-4,11H,5-6H2,1H3,(H2,14,15). The zero-order valence-electron chi connectivity index (χ0n) is 8.47. The number of hydrogen-bond acceptors (Lipinski definition) is 1. The number of nitrogens with two attached hydrogens (primary N) is 1. The molecule has 0 spiro atoms. The molecular formula is C11H13F2NO. The monoisotopic (exact) mass is 213 g/mol. The Balaban J connectivity index is 2.89. The Morgan fingerprint density at radius 1 is 1.47 bits per heavy atom. The molecule has 0 saturated heterocycles. The van der Waals surface area contributed by atoms with Crippen LogP contribution in [-0.4, -0.2) is 5.91 Å². The van der Waals surface area contributed by atoms with Crippen molar-refractivity contribution in [1.82, 2.24) is 0 Å². The summed E-state index contributed by atoms with van der Waals surface area (Å²) in [5.41, 5.74) is 6.33. The van der Waals surface area contributed by atoms with Crippen molar-refractivity contribution in [2.75, 3.05) is 0 Å². The maximum absolute atomic E-state index is 12.5. The maximum atomic E-state index is 12.5. The van der Waals surface area contributed by atoms with Gasteiger partial charge in [-0.25, -0.2) is 8.78 Å². The van der Waals surface area contributed by atoms with Crippen molar-refractivity contribution in [3.05, 3.63) is 34.9 Å². The van der Waals surface area contributed by atoms with Crippen molar-refractivity contribution in [3.8, 4) is 0 Å². The van der Waals surface area contributed by atoms with E-state index in [0.717, 1.165) is 5.56 Å². The molecule has 0 unspecified atom stereocenters. The predicted octanol–water partition coefficient (Wildman–Crippen LogP) is 2.35. The molecule has 0 aliphatic heterocycles. The highest BCUT2D eigenvalue weighted by Gasteiger charge is 2.12. The van der Waals surface area contributed by atoms with Crippen LogP contribution < -0.4 is 5.73 Å². The fraction of sp³-hybridized carbons (Fsp3) is 0.364. The number of carbonyl (C=O) groups excluding carboxylic acids is 1. The molecule has 15 heavy (non-hydrogen) atoms. The van der Waals surface area contributed by atoms with Crippen LogP contribution in [0.3, 0.4) is 0 Å². The summed E-state index contributed by atoms with van der Waals surface area (Å²) in [4.78, 5) is 10.6. The summed E-state index contributed by atoms with van der Waals surface area (Å²) < 4.78 is 25.0. The van der Waals surface area contributed by atoms with E-state index >= 15 is 0 Å². The number of hydrogen-bond donors (Lipinski definition) is 1. The molecule has 0 radical (unpaired) electrons. The van der Waals surface area contributed by atoms with E-state index < -0.39 is 12.3 Å². The summed E-state index contributed by atoms with van der Waals surface area (Å²) in [6, 6.07) is 4.71. The van der Waals surface area contributed by atoms with E-state index in [4.69, 9.17) is 5.73 Å². The van der Waals surface area contributed by atoms with Crippen molar-refractivity contribution in [2.45, 2.75) is 26.2 Å². The van der Waals surface area contributed by atoms with E-state index in [-0.39, 0.29) is 12.0 Å². The second-order valence-electron chi connectivity index (χ2n) is 3.40. The van der Waals surface area contributed by atoms with Gasteiger partial charge in [0.05, 0.1) is 0 Å². The molecule has 0 saturated carbocycles. The molecule has 0 aliphatic rings. The van der Waals surface area contributed by atoms with Crippen molar-refractivity contribution in [2.24, 2.45) is 5.73 Å². The quantitative estimate of drug-likeness (QED) is 0.819. The molecule has 1 amide bonds. The largest absolute Gasteiger partial charge is 0.370 e. The molecule has 82 valence electrons. The Hall–Kier alpha value is -1.45. The number of aryl methyl sites for hydroxylation is 1. The van der Waals surface area contributed by atoms with Gasteiger partial charge in [0.15, 0.2) is 0 Å². The Morgan fingerprint density at radius 3 is 2.67 bits per heavy atom. The summed E-state index contributed by atoms with van der Waals surface area (Å²) in [6.45, 7) is 1.64. The first-order valence-corrected chi connectivity index (χ1v) is 4.67. The predicted molar refractivity (Wildman–Crippen MR) is 53.7 cm³/mol. The average molecular weight is 213 g/mol. The second kappa shape index (κ2) is 4.87. The molecule has 1 aromatic rings. The third-order valence-corrected chi connectivity index (χ3v) is 2.36. The third kappa shape index (κ3) is 3.01. The molecule has 0 aliphatic carbocycles. The van der Waals surface area contributed by atoms with Gasteiger partial charge >= 0.3 is 0 Å². The van der Waals surface area contributed by atoms with E-state index in [1.807, 2.05) is 0 Å². The summed E-state index contributed by atoms with van der Waals surface area (Å²) in [7, 11) is 0. The first kappa shape index (κ1) is 11.6. The van der Waals surface area contributed by atoms with E-state index in [0.29, 0.717) is 12.0 Å². The SMILES string of the molecule is Cc1c(CCC(N)=O)cccc1C(F)F. The van der Waals surface area contributed by atoms with Crippen LogP contribution in [0.5, 0.6) is 0 Å². The minimum absolute atomic E-state index is 0.0250. The van der Waals surface area contributed by atoms with Crippen LogP contribution in [0.1, 0.15) is 29.5 Å². The lowest BCUT2D eigenvalue weighted by Gasteiger charge is -2.09. The van der Waals surface area contributed by atoms with Gasteiger partial charge in [0, 0.05) is 12.0 Å². The normalized spacial score (nSPS) is 10.7. The van der Waals surface area contributed by atoms with E-state index in [1.165, 1.54) is 6.07 Å². The van der Waals surface area contributed by atoms with E-state index in [9.17, 15) is 13.6 Å². The van der Waals surface area contributed by atoms with Crippen LogP contribution in [0, 0.1) is 6.92 Å². The number of primary amides is 1. The van der Waals surface area contributed by atoms with Crippen LogP contribution in [0.25, 0.3) is 0 Å². The van der Waals surface area contributed by atoms with Gasteiger partial charge in [0.2, 0.25) is 5.91 Å². The van der Waals surface area contributed by atoms with Gasteiger partial charge in [-0.1, -0.05) is 18.2 Å². The Labute approximate surface area is 87.1 Å². The van der Waals surface area contributed by atoms with Crippen LogP contribution in [0.15, 0.2) is 18.2 Å². The fourth-order valence-electron chi connectivity index (χ4n) is 1.47. The lowest BCUT2D eigenvalue weighted by atomic mass is 9.99. The van der Waals surface area contributed by atoms with Crippen molar-refractivity contribution in [1.29, 1.82) is 0 Å². The van der Waals surface area contributed by atoms with Gasteiger partial charge in [-0.2, -0.15) is 0 Å². The first-order chi connectivity index (χ1) is 7.02. The average Bonchev–Trinajstić information content (AvgIpc) is 2.15. The van der Waals surface area contributed by atoms with Crippen molar-refractivity contribution in [3.63, 3.8) is 0 Å². The van der Waals surface area contributed by atoms with Crippen LogP contribution in [-0.2, 0) is 11.2 Å². The van der Waals surface area contributed by atoms with Crippen LogP contribution in [0.2, 0.25) is 0 Å². The second-order valence-corrected chi connectivity index (χ2v) is 3.40. The number of halogens is 2. The van der Waals surface area contributed by atoms with E-state index in [2.05, 4.69) is 0 Å². The lowest BCUT2D eigenvalue weighted by molar-refractivity contribution is -0.117. The highest BCUT2D eigenvalue weighted by Crippen LogP contribution is 2.25.